The molecule has 0 aromatic carbocycles. The average molecular weight is 153 g/mol. The van der Waals surface area contributed by atoms with Crippen molar-refractivity contribution in [2.45, 2.75) is 39.3 Å². The molecule has 0 bridgehead atoms. The van der Waals surface area contributed by atoms with Crippen LogP contribution in [0.3, 0.4) is 0 Å². The lowest BCUT2D eigenvalue weighted by molar-refractivity contribution is 0.215. The van der Waals surface area contributed by atoms with Crippen molar-refractivity contribution in [2.24, 2.45) is 5.92 Å². The number of likely N-dealkylation sites (N-methyl/N-ethyl adjacent to an activating group) is 1. The number of nitrogens with zero attached hydrogens (tertiary/aromatic N) is 1. The zero-order valence-electron chi connectivity index (χ0n) is 8.04. The fourth-order valence-corrected chi connectivity index (χ4v) is 1.65. The number of hydrogen-bond donors (Lipinski definition) is 0. The molecule has 0 aromatic heterocycles. The summed E-state index contributed by atoms with van der Waals surface area (Å²) in [5.41, 5.74) is 0. The van der Waals surface area contributed by atoms with Gasteiger partial charge in [0.2, 0.25) is 0 Å². The lowest BCUT2D eigenvalue weighted by atomic mass is 9.99. The van der Waals surface area contributed by atoms with Crippen LogP contribution in [0.2, 0.25) is 0 Å². The van der Waals surface area contributed by atoms with E-state index in [-0.39, 0.29) is 0 Å². The summed E-state index contributed by atoms with van der Waals surface area (Å²) in [6.45, 7) is 6.83. The highest BCUT2D eigenvalue weighted by atomic mass is 15.2. The molecule has 0 spiro atoms. The Hall–Kier alpha value is -0.300. The van der Waals surface area contributed by atoms with Crippen LogP contribution in [0.25, 0.3) is 0 Å². The second-order valence-corrected chi connectivity index (χ2v) is 3.67. The van der Waals surface area contributed by atoms with Gasteiger partial charge < -0.3 is 0 Å². The van der Waals surface area contributed by atoms with E-state index < -0.39 is 0 Å². The van der Waals surface area contributed by atoms with Crippen molar-refractivity contribution >= 4 is 0 Å². The minimum atomic E-state index is 0.633. The van der Waals surface area contributed by atoms with Crippen molar-refractivity contribution < 1.29 is 0 Å². The summed E-state index contributed by atoms with van der Waals surface area (Å²) < 4.78 is 0. The zero-order chi connectivity index (χ0) is 8.43. The van der Waals surface area contributed by atoms with Crippen LogP contribution < -0.4 is 0 Å². The van der Waals surface area contributed by atoms with E-state index in [0.717, 1.165) is 5.92 Å². The molecule has 0 saturated carbocycles. The number of rotatable bonds is 2. The minimum absolute atomic E-state index is 0.633. The highest BCUT2D eigenvalue weighted by Gasteiger charge is 2.24. The molecule has 11 heavy (non-hydrogen) atoms. The van der Waals surface area contributed by atoms with Gasteiger partial charge in [-0.25, -0.2) is 0 Å². The fourth-order valence-electron chi connectivity index (χ4n) is 1.65. The Bertz CT molecular complexity index is 151. The first-order valence-corrected chi connectivity index (χ1v) is 4.57. The van der Waals surface area contributed by atoms with Crippen LogP contribution in [0.1, 0.15) is 27.2 Å². The van der Waals surface area contributed by atoms with Crippen molar-refractivity contribution in [1.82, 2.24) is 4.90 Å². The summed E-state index contributed by atoms with van der Waals surface area (Å²) in [5, 5.41) is 0. The predicted octanol–water partition coefficient (Wildman–Crippen LogP) is 2.29. The molecule has 1 aliphatic heterocycles. The molecule has 1 rings (SSSR count). The van der Waals surface area contributed by atoms with E-state index in [2.05, 4.69) is 44.9 Å². The topological polar surface area (TPSA) is 3.24 Å². The molecule has 0 saturated heterocycles. The maximum Gasteiger partial charge on any atom is 0.0307 e. The van der Waals surface area contributed by atoms with E-state index in [4.69, 9.17) is 0 Å². The Morgan fingerprint density at radius 2 is 2.09 bits per heavy atom. The summed E-state index contributed by atoms with van der Waals surface area (Å²) >= 11 is 0. The maximum atomic E-state index is 2.44. The summed E-state index contributed by atoms with van der Waals surface area (Å²) in [6, 6.07) is 1.31. The Morgan fingerprint density at radius 1 is 1.45 bits per heavy atom. The highest BCUT2D eigenvalue weighted by molar-refractivity contribution is 5.09. The first-order chi connectivity index (χ1) is 5.16. The van der Waals surface area contributed by atoms with E-state index in [1.807, 2.05) is 0 Å². The molecule has 1 nitrogen and oxygen atoms in total. The zero-order valence-corrected chi connectivity index (χ0v) is 8.04. The number of hydrogen-bond acceptors (Lipinski definition) is 1. The van der Waals surface area contributed by atoms with Crippen molar-refractivity contribution in [1.29, 1.82) is 0 Å². The van der Waals surface area contributed by atoms with Gasteiger partial charge >= 0.3 is 0 Å². The summed E-state index contributed by atoms with van der Waals surface area (Å²) in [4.78, 5) is 2.44. The molecule has 3 unspecified atom stereocenters. The van der Waals surface area contributed by atoms with Crippen molar-refractivity contribution in [3.05, 3.63) is 12.2 Å². The second-order valence-electron chi connectivity index (χ2n) is 3.67. The van der Waals surface area contributed by atoms with E-state index in [1.165, 1.54) is 6.42 Å². The van der Waals surface area contributed by atoms with Crippen LogP contribution >= 0.6 is 0 Å². The van der Waals surface area contributed by atoms with Crippen molar-refractivity contribution in [3.8, 4) is 0 Å². The molecule has 64 valence electrons. The third-order valence-electron chi connectivity index (χ3n) is 2.93. The molecule has 0 aromatic rings. The van der Waals surface area contributed by atoms with Gasteiger partial charge in [-0.3, -0.25) is 4.90 Å². The normalized spacial score (nSPS) is 34.5. The molecule has 0 N–H and O–H groups in total. The van der Waals surface area contributed by atoms with E-state index >= 15 is 0 Å². The summed E-state index contributed by atoms with van der Waals surface area (Å²) in [5.74, 6) is 0.793. The van der Waals surface area contributed by atoms with Gasteiger partial charge in [-0.1, -0.05) is 32.4 Å². The van der Waals surface area contributed by atoms with Crippen LogP contribution in [-0.2, 0) is 0 Å². The standard InChI is InChI=1S/C10H19N/c1-5-8(2)10-7-6-9(3)11(10)4/h6-10H,5H2,1-4H3. The minimum Gasteiger partial charge on any atom is -0.294 e. The van der Waals surface area contributed by atoms with Crippen LogP contribution in [0, 0.1) is 5.92 Å². The predicted molar refractivity (Wildman–Crippen MR) is 49.6 cm³/mol. The molecule has 0 fully saturated rings. The van der Waals surface area contributed by atoms with E-state index in [0.29, 0.717) is 12.1 Å². The van der Waals surface area contributed by atoms with Crippen molar-refractivity contribution in [2.75, 3.05) is 7.05 Å². The molecular formula is C10H19N. The van der Waals surface area contributed by atoms with Gasteiger partial charge in [0.1, 0.15) is 0 Å². The van der Waals surface area contributed by atoms with Gasteiger partial charge in [-0.15, -0.1) is 0 Å². The van der Waals surface area contributed by atoms with Gasteiger partial charge in [0.25, 0.3) is 0 Å². The Kier molecular flexibility index (Phi) is 2.72. The molecule has 1 heteroatoms. The molecule has 0 aliphatic carbocycles. The summed E-state index contributed by atoms with van der Waals surface area (Å²) in [7, 11) is 2.21. The Morgan fingerprint density at radius 3 is 2.45 bits per heavy atom. The molecule has 0 amide bonds. The lowest BCUT2D eigenvalue weighted by Crippen LogP contribution is -2.35. The third-order valence-corrected chi connectivity index (χ3v) is 2.93. The maximum absolute atomic E-state index is 2.44. The molecule has 1 heterocycles. The fraction of sp³-hybridized carbons (Fsp3) is 0.800. The van der Waals surface area contributed by atoms with Gasteiger partial charge in [0.05, 0.1) is 0 Å². The highest BCUT2D eigenvalue weighted by Crippen LogP contribution is 2.22. The molecular weight excluding hydrogens is 134 g/mol. The molecule has 3 atom stereocenters. The first-order valence-electron chi connectivity index (χ1n) is 4.57. The van der Waals surface area contributed by atoms with Crippen LogP contribution in [0.5, 0.6) is 0 Å². The van der Waals surface area contributed by atoms with E-state index in [1.54, 1.807) is 0 Å². The van der Waals surface area contributed by atoms with Gasteiger partial charge in [-0.2, -0.15) is 0 Å². The van der Waals surface area contributed by atoms with Crippen LogP contribution in [-0.4, -0.2) is 24.0 Å². The van der Waals surface area contributed by atoms with Crippen LogP contribution in [0.4, 0.5) is 0 Å². The quantitative estimate of drug-likeness (QED) is 0.550. The third kappa shape index (κ3) is 1.64. The van der Waals surface area contributed by atoms with Gasteiger partial charge in [0, 0.05) is 12.1 Å². The smallest absolute Gasteiger partial charge is 0.0307 e. The largest absolute Gasteiger partial charge is 0.294 e. The monoisotopic (exact) mass is 153 g/mol. The Labute approximate surface area is 70.1 Å². The lowest BCUT2D eigenvalue weighted by Gasteiger charge is -2.27. The molecule has 1 aliphatic rings. The average Bonchev–Trinajstić information content (AvgIpc) is 2.32. The van der Waals surface area contributed by atoms with Crippen molar-refractivity contribution in [3.63, 3.8) is 0 Å². The van der Waals surface area contributed by atoms with Crippen LogP contribution in [0.15, 0.2) is 12.2 Å². The second kappa shape index (κ2) is 3.40. The van der Waals surface area contributed by atoms with E-state index in [9.17, 15) is 0 Å². The molecule has 0 radical (unpaired) electrons. The summed E-state index contributed by atoms with van der Waals surface area (Å²) in [6.07, 6.45) is 5.92. The Balaban J connectivity index is 2.55. The van der Waals surface area contributed by atoms with Gasteiger partial charge in [0.15, 0.2) is 0 Å². The SMILES string of the molecule is CCC(C)C1C=CC(C)N1C. The van der Waals surface area contributed by atoms with Gasteiger partial charge in [-0.05, 0) is 19.9 Å². The first kappa shape index (κ1) is 8.79.